The molecule has 2 rings (SSSR count). The minimum absolute atomic E-state index is 0.339. The Kier molecular flexibility index (Phi) is 9.97. The largest absolute Gasteiger partial charge is 0.478 e. The Morgan fingerprint density at radius 3 is 1.56 bits per heavy atom. The number of benzene rings is 1. The number of hydrogen-bond acceptors (Lipinski definition) is 2. The Balaban J connectivity index is 0.000000308. The lowest BCUT2D eigenvalue weighted by atomic mass is 10.0. The zero-order valence-electron chi connectivity index (χ0n) is 11.5. The number of rotatable bonds is 1. The van der Waals surface area contributed by atoms with Crippen LogP contribution in [-0.2, 0) is 0 Å². The van der Waals surface area contributed by atoms with Gasteiger partial charge in [-0.2, -0.15) is 0 Å². The van der Waals surface area contributed by atoms with E-state index in [2.05, 4.69) is 5.73 Å². The van der Waals surface area contributed by atoms with Crippen LogP contribution in [0.2, 0.25) is 0 Å². The van der Waals surface area contributed by atoms with Gasteiger partial charge in [-0.15, -0.1) is 0 Å². The maximum Gasteiger partial charge on any atom is 0.335 e. The molecule has 0 saturated heterocycles. The van der Waals surface area contributed by atoms with Crippen molar-refractivity contribution in [1.29, 1.82) is 0 Å². The van der Waals surface area contributed by atoms with Gasteiger partial charge in [0.05, 0.1) is 5.56 Å². The lowest BCUT2D eigenvalue weighted by Gasteiger charge is -2.05. The highest BCUT2D eigenvalue weighted by molar-refractivity contribution is 5.87. The maximum atomic E-state index is 10.3. The van der Waals surface area contributed by atoms with E-state index in [0.717, 1.165) is 5.56 Å². The molecule has 1 fully saturated rings. The molecule has 0 radical (unpaired) electrons. The molecule has 1 aromatic rings. The zero-order chi connectivity index (χ0) is 13.8. The first kappa shape index (κ1) is 16.6. The summed E-state index contributed by atoms with van der Waals surface area (Å²) in [6, 6.07) is 6.75. The number of carboxylic acids is 1. The maximum absolute atomic E-state index is 10.3. The summed E-state index contributed by atoms with van der Waals surface area (Å²) in [5.74, 6) is -0.875. The Hall–Kier alpha value is -1.35. The van der Waals surface area contributed by atoms with Gasteiger partial charge < -0.3 is 10.8 Å². The highest BCUT2D eigenvalue weighted by atomic mass is 16.4. The molecule has 1 saturated carbocycles. The molecule has 0 heterocycles. The number of nitrogens with two attached hydrogens (primary N) is 1. The van der Waals surface area contributed by atoms with Gasteiger partial charge >= 0.3 is 5.97 Å². The summed E-state index contributed by atoms with van der Waals surface area (Å²) >= 11 is 0. The molecule has 0 unspecified atom stereocenters. The normalized spacial score (nSPS) is 13.5. The fraction of sp³-hybridized carbons (Fsp3) is 0.533. The van der Waals surface area contributed by atoms with Crippen molar-refractivity contribution in [2.24, 2.45) is 5.73 Å². The van der Waals surface area contributed by atoms with Crippen LogP contribution in [0.4, 0.5) is 0 Å². The topological polar surface area (TPSA) is 63.3 Å². The van der Waals surface area contributed by atoms with Crippen LogP contribution in [-0.4, -0.2) is 18.1 Å². The summed E-state index contributed by atoms with van der Waals surface area (Å²) in [5.41, 5.74) is 5.91. The molecule has 3 nitrogen and oxygen atoms in total. The second-order valence-electron chi connectivity index (χ2n) is 4.29. The van der Waals surface area contributed by atoms with Gasteiger partial charge in [-0.05, 0) is 26.1 Å². The minimum atomic E-state index is -0.875. The second-order valence-corrected chi connectivity index (χ2v) is 4.29. The van der Waals surface area contributed by atoms with Crippen molar-refractivity contribution in [3.8, 4) is 0 Å². The summed E-state index contributed by atoms with van der Waals surface area (Å²) in [4.78, 5) is 10.3. The molecule has 1 aromatic carbocycles. The third-order valence-corrected chi connectivity index (χ3v) is 2.80. The van der Waals surface area contributed by atoms with E-state index in [-0.39, 0.29) is 0 Å². The first-order valence-corrected chi connectivity index (χ1v) is 6.58. The lowest BCUT2D eigenvalue weighted by Crippen LogP contribution is -1.94. The molecule has 18 heavy (non-hydrogen) atoms. The highest BCUT2D eigenvalue weighted by Crippen LogP contribution is 2.15. The number of hydrogen-bond donors (Lipinski definition) is 2. The predicted molar refractivity (Wildman–Crippen MR) is 76.0 cm³/mol. The SMILES string of the molecule is C1CCCCC1.CN.Cc1ccc(C(=O)O)cc1. The summed E-state index contributed by atoms with van der Waals surface area (Å²) in [6.45, 7) is 1.92. The molecule has 0 atom stereocenters. The van der Waals surface area contributed by atoms with Crippen LogP contribution < -0.4 is 5.73 Å². The van der Waals surface area contributed by atoms with E-state index in [1.54, 1.807) is 24.3 Å². The molecule has 0 aliphatic heterocycles. The van der Waals surface area contributed by atoms with E-state index in [0.29, 0.717) is 5.56 Å². The van der Waals surface area contributed by atoms with Crippen LogP contribution in [0, 0.1) is 6.92 Å². The average Bonchev–Trinajstić information content (AvgIpc) is 2.44. The van der Waals surface area contributed by atoms with Gasteiger partial charge in [-0.3, -0.25) is 0 Å². The van der Waals surface area contributed by atoms with Gasteiger partial charge in [0.1, 0.15) is 0 Å². The van der Waals surface area contributed by atoms with Crippen LogP contribution >= 0.6 is 0 Å². The van der Waals surface area contributed by atoms with Crippen LogP contribution in [0.3, 0.4) is 0 Å². The molecule has 1 aliphatic rings. The smallest absolute Gasteiger partial charge is 0.335 e. The molecular weight excluding hydrogens is 226 g/mol. The zero-order valence-corrected chi connectivity index (χ0v) is 11.5. The predicted octanol–water partition coefficient (Wildman–Crippen LogP) is 3.61. The number of aryl methyl sites for hydroxylation is 1. The Labute approximate surface area is 110 Å². The van der Waals surface area contributed by atoms with E-state index in [9.17, 15) is 4.79 Å². The minimum Gasteiger partial charge on any atom is -0.478 e. The number of carbonyl (C=O) groups is 1. The standard InChI is InChI=1S/C8H8O2.C6H12.CH5N/c1-6-2-4-7(5-3-6)8(9)10;1-2-4-6-5-3-1;1-2/h2-5H,1H3,(H,9,10);1-6H2;2H2,1H3. The van der Waals surface area contributed by atoms with Crippen LogP contribution in [0.5, 0.6) is 0 Å². The van der Waals surface area contributed by atoms with Crippen molar-refractivity contribution >= 4 is 5.97 Å². The first-order valence-electron chi connectivity index (χ1n) is 6.58. The van der Waals surface area contributed by atoms with Crippen LogP contribution in [0.15, 0.2) is 24.3 Å². The second kappa shape index (κ2) is 10.8. The molecule has 0 amide bonds. The van der Waals surface area contributed by atoms with Crippen molar-refractivity contribution in [2.75, 3.05) is 7.05 Å². The molecule has 3 heteroatoms. The van der Waals surface area contributed by atoms with E-state index < -0.39 is 5.97 Å². The van der Waals surface area contributed by atoms with E-state index >= 15 is 0 Å². The molecule has 1 aliphatic carbocycles. The number of aromatic carboxylic acids is 1. The van der Waals surface area contributed by atoms with Crippen molar-refractivity contribution < 1.29 is 9.90 Å². The van der Waals surface area contributed by atoms with Gasteiger partial charge in [0.25, 0.3) is 0 Å². The van der Waals surface area contributed by atoms with E-state index in [4.69, 9.17) is 5.11 Å². The monoisotopic (exact) mass is 251 g/mol. The first-order chi connectivity index (χ1) is 8.70. The summed E-state index contributed by atoms with van der Waals surface area (Å²) in [7, 11) is 1.50. The summed E-state index contributed by atoms with van der Waals surface area (Å²) in [6.07, 6.45) is 9.00. The highest BCUT2D eigenvalue weighted by Gasteiger charge is 1.98. The Morgan fingerprint density at radius 2 is 1.28 bits per heavy atom. The van der Waals surface area contributed by atoms with Gasteiger partial charge in [0, 0.05) is 0 Å². The third kappa shape index (κ3) is 7.85. The van der Waals surface area contributed by atoms with E-state index in [1.807, 2.05) is 6.92 Å². The lowest BCUT2D eigenvalue weighted by molar-refractivity contribution is 0.0697. The van der Waals surface area contributed by atoms with Crippen LogP contribution in [0.1, 0.15) is 54.4 Å². The Bertz CT molecular complexity index is 304. The average molecular weight is 251 g/mol. The van der Waals surface area contributed by atoms with Crippen LogP contribution in [0.25, 0.3) is 0 Å². The molecule has 0 bridgehead atoms. The third-order valence-electron chi connectivity index (χ3n) is 2.80. The van der Waals surface area contributed by atoms with Crippen molar-refractivity contribution in [3.05, 3.63) is 35.4 Å². The Morgan fingerprint density at radius 1 is 0.944 bits per heavy atom. The molecule has 102 valence electrons. The summed E-state index contributed by atoms with van der Waals surface area (Å²) < 4.78 is 0. The number of carboxylic acid groups (broad SMARTS) is 1. The molecule has 0 aromatic heterocycles. The molecule has 3 N–H and O–H groups in total. The molecule has 0 spiro atoms. The van der Waals surface area contributed by atoms with Crippen molar-refractivity contribution in [2.45, 2.75) is 45.4 Å². The summed E-state index contributed by atoms with van der Waals surface area (Å²) in [5, 5.41) is 8.48. The van der Waals surface area contributed by atoms with E-state index in [1.165, 1.54) is 45.6 Å². The fourth-order valence-electron chi connectivity index (χ4n) is 1.76. The van der Waals surface area contributed by atoms with Gasteiger partial charge in [0.15, 0.2) is 0 Å². The van der Waals surface area contributed by atoms with Gasteiger partial charge in [-0.25, -0.2) is 4.79 Å². The van der Waals surface area contributed by atoms with Gasteiger partial charge in [0.2, 0.25) is 0 Å². The van der Waals surface area contributed by atoms with Crippen molar-refractivity contribution in [3.63, 3.8) is 0 Å². The van der Waals surface area contributed by atoms with Crippen molar-refractivity contribution in [1.82, 2.24) is 0 Å². The quantitative estimate of drug-likeness (QED) is 0.801. The fourth-order valence-corrected chi connectivity index (χ4v) is 1.76. The van der Waals surface area contributed by atoms with Gasteiger partial charge in [-0.1, -0.05) is 56.2 Å². The molecular formula is C15H25NO2.